The molecule has 0 bridgehead atoms. The molecule has 7 aromatic heterocycles. The molecule has 1 aliphatic heterocycles. The van der Waals surface area contributed by atoms with Crippen LogP contribution in [0.15, 0.2) is 199 Å². The third-order valence-corrected chi connectivity index (χ3v) is 29.7. The molecule has 0 saturated carbocycles. The molecule has 8 aliphatic carbocycles. The fraction of sp³-hybridized carbons (Fsp3) is 0.393. The van der Waals surface area contributed by atoms with Gasteiger partial charge in [0, 0.05) is 144 Å². The maximum Gasteiger partial charge on any atom is 0.410 e. The van der Waals surface area contributed by atoms with Crippen molar-refractivity contribution in [2.75, 3.05) is 13.1 Å². The third-order valence-electron chi connectivity index (χ3n) is 29.7. The van der Waals surface area contributed by atoms with Gasteiger partial charge in [-0.05, 0) is 177 Å². The second kappa shape index (κ2) is 36.7. The van der Waals surface area contributed by atoms with Crippen LogP contribution in [-0.4, -0.2) is 114 Å². The van der Waals surface area contributed by atoms with E-state index in [2.05, 4.69) is 106 Å². The Hall–Kier alpha value is -14.2. The Bertz CT molecular complexity index is 6970. The maximum atomic E-state index is 12.9. The number of carbonyl (C=O) groups excluding carboxylic acids is 5. The van der Waals surface area contributed by atoms with Crippen LogP contribution in [-0.2, 0) is 71.3 Å². The van der Waals surface area contributed by atoms with Crippen LogP contribution >= 0.6 is 0 Å². The second-order valence-electron chi connectivity index (χ2n) is 40.0. The van der Waals surface area contributed by atoms with E-state index in [0.717, 1.165) is 182 Å². The van der Waals surface area contributed by atoms with Crippen molar-refractivity contribution in [3.63, 3.8) is 0 Å². The Morgan fingerprint density at radius 3 is 1.25 bits per heavy atom. The zero-order valence-corrected chi connectivity index (χ0v) is 79.6. The fourth-order valence-electron chi connectivity index (χ4n) is 22.9. The van der Waals surface area contributed by atoms with E-state index < -0.39 is 27.3 Å². The number of hydrogen-bond acceptors (Lipinski definition) is 18. The Morgan fingerprint density at radius 1 is 0.437 bits per heavy atom. The van der Waals surface area contributed by atoms with E-state index in [1.54, 1.807) is 23.5 Å². The van der Waals surface area contributed by atoms with Gasteiger partial charge in [-0.2, -0.15) is 4.98 Å². The van der Waals surface area contributed by atoms with Crippen LogP contribution in [0.3, 0.4) is 0 Å². The Kier molecular flexibility index (Phi) is 25.2. The summed E-state index contributed by atoms with van der Waals surface area (Å²) >= 11 is 0. The highest BCUT2D eigenvalue weighted by molar-refractivity contribution is 6.03. The minimum atomic E-state index is -0.545. The van der Waals surface area contributed by atoms with Crippen LogP contribution in [0.4, 0.5) is 4.79 Å². The standard InChI is InChI=1S/C31H36N4O3.C27H26N4O2.C27H26N4O.C27H24N4O/c1-19-23-13-12-22-25(20-10-8-7-9-11-20)33-28(34-27(22)31(23,5)18-24(32-6)26(19)36)21-14-16-35(17-15-21)29(37)38-30(2,3)4;1-15(2)33-26-19-10-11-20-16(3)23(32)22(28-5)14-27(20,4)24(19)30-25(31-26)18-12-13-29-21-9-7-6-8-17(18)21;1-15(2)23-19-10-11-20-16(3)24(32)22(28-5)14-27(20,4)25(19)31-26(30-23)18-12-13-29-21-9-7-6-8-17(18)21;1-16-14-19(12-13-29-16)26-30-23(18-8-6-5-7-9-18)20-10-11-21-17(2)24(32)22(28-4)15-27(21,3)25(20)31-26/h7-11,18-19,21,23H,12-17H2,1-5H3;6-9,12-16,20H,10-11H2,1-4H3;6-9,12-16,20H,10-11H2,1-4H3;5-9,12-15,17,21H,10-11H2,1-3H3/t19-,23-,31-;2*16-,20-,27-;17-,21-,27-/m1111/s1. The fourth-order valence-corrected chi connectivity index (χ4v) is 22.9. The van der Waals surface area contributed by atoms with E-state index in [4.69, 9.17) is 75.6 Å². The van der Waals surface area contributed by atoms with Crippen molar-refractivity contribution in [1.29, 1.82) is 0 Å². The SMILES string of the molecule is [C-]#[N+]C1=C[C@@]2(C)c3nc(-c4ccnc(C)c4)nc(-c4ccccc4)c3CC[C@@H]2[C@@H](C)C1=O.[C-]#[N+]C1=C[C@@]2(C)c3nc(-c4ccnc5ccccc45)nc(C(C)C)c3CC[C@@H]2[C@@H](C)C1=O.[C-]#[N+]C1=C[C@@]2(C)c3nc(-c4ccnc5ccccc45)nc(OC(C)C)c3CC[C@@H]2[C@@H](C)C1=O.[C-]#[N+]C1=C[C@@]2(C)c3nc(C4CCN(C(=O)OC(C)(C)C)CC4)nc(-c4ccccc4)c3CC[C@@H]2[C@@H](C)C1=O. The molecular weight excluding hydrogens is 1680 g/mol. The topological polar surface area (TPSA) is 266 Å². The number of benzene rings is 4. The second-order valence-corrected chi connectivity index (χ2v) is 40.0. The van der Waals surface area contributed by atoms with Gasteiger partial charge < -0.3 is 33.6 Å². The van der Waals surface area contributed by atoms with Gasteiger partial charge in [0.05, 0.1) is 83.3 Å². The summed E-state index contributed by atoms with van der Waals surface area (Å²) in [5.74, 6) is 2.99. The Balaban J connectivity index is 0.000000125. The number of aromatic nitrogens is 11. The average Bonchev–Trinajstić information content (AvgIpc) is 0.732. The normalized spacial score (nSPS) is 24.7. The number of ketones is 4. The third kappa shape index (κ3) is 17.0. The van der Waals surface area contributed by atoms with Crippen molar-refractivity contribution in [2.45, 2.75) is 220 Å². The monoisotopic (exact) mass is 1790 g/mol. The summed E-state index contributed by atoms with van der Waals surface area (Å²) in [6, 6.07) is 44.2. The Morgan fingerprint density at radius 2 is 0.822 bits per heavy atom. The molecule has 135 heavy (non-hydrogen) atoms. The number of Topliss-reactive ketones (excluding diaryl/α,β-unsaturated/α-hetero) is 4. The summed E-state index contributed by atoms with van der Waals surface area (Å²) in [7, 11) is 0. The molecule has 1 amide bonds. The van der Waals surface area contributed by atoms with Gasteiger partial charge in [-0.1, -0.05) is 191 Å². The molecule has 0 radical (unpaired) electrons. The van der Waals surface area contributed by atoms with Crippen LogP contribution in [0.25, 0.3) is 97.9 Å². The highest BCUT2D eigenvalue weighted by Gasteiger charge is 2.55. The van der Waals surface area contributed by atoms with Gasteiger partial charge in [-0.15, -0.1) is 0 Å². The first-order valence-electron chi connectivity index (χ1n) is 47.2. The summed E-state index contributed by atoms with van der Waals surface area (Å²) in [5.41, 5.74) is 17.0. The van der Waals surface area contributed by atoms with Crippen LogP contribution in [0.5, 0.6) is 5.88 Å². The molecule has 9 aliphatic rings. The molecule has 23 nitrogen and oxygen atoms in total. The van der Waals surface area contributed by atoms with Gasteiger partial charge in [-0.25, -0.2) is 59.1 Å². The van der Waals surface area contributed by atoms with E-state index in [0.29, 0.717) is 36.4 Å². The number of pyridine rings is 3. The van der Waals surface area contributed by atoms with Crippen molar-refractivity contribution in [3.8, 4) is 62.6 Å². The number of hydrogen-bond donors (Lipinski definition) is 0. The van der Waals surface area contributed by atoms with E-state index in [9.17, 15) is 24.0 Å². The number of nitrogens with zero attached hydrogens (tertiary/aromatic N) is 16. The number of carbonyl (C=O) groups is 5. The number of likely N-dealkylation sites (tertiary alicyclic amines) is 1. The number of allylic oxidation sites excluding steroid dienone is 8. The predicted octanol–water partition coefficient (Wildman–Crippen LogP) is 22.4. The lowest BCUT2D eigenvalue weighted by Crippen LogP contribution is -2.46. The van der Waals surface area contributed by atoms with Gasteiger partial charge >= 0.3 is 6.09 Å². The number of piperidine rings is 1. The van der Waals surface area contributed by atoms with Crippen molar-refractivity contribution in [2.24, 2.45) is 47.3 Å². The number of rotatable bonds is 9. The van der Waals surface area contributed by atoms with E-state index in [1.807, 2.05) is 197 Å². The molecule has 23 heteroatoms. The van der Waals surface area contributed by atoms with Crippen molar-refractivity contribution < 1.29 is 33.4 Å². The number of aryl methyl sites for hydroxylation is 1. The van der Waals surface area contributed by atoms with Gasteiger partial charge in [-0.3, -0.25) is 15.0 Å². The molecule has 1 fully saturated rings. The zero-order valence-electron chi connectivity index (χ0n) is 79.6. The van der Waals surface area contributed by atoms with Gasteiger partial charge in [0.1, 0.15) is 11.4 Å². The molecule has 0 unspecified atom stereocenters. The van der Waals surface area contributed by atoms with E-state index in [1.165, 1.54) is 5.56 Å². The zero-order chi connectivity index (χ0) is 95.6. The lowest BCUT2D eigenvalue weighted by molar-refractivity contribution is -0.122. The van der Waals surface area contributed by atoms with Crippen molar-refractivity contribution in [1.82, 2.24) is 59.7 Å². The molecule has 12 atom stereocenters. The number of ether oxygens (including phenoxy) is 2. The van der Waals surface area contributed by atoms with Gasteiger partial charge in [0.15, 0.2) is 40.6 Å². The summed E-state index contributed by atoms with van der Waals surface area (Å²) in [4.78, 5) is 134. The van der Waals surface area contributed by atoms with Crippen LogP contribution < -0.4 is 4.74 Å². The first kappa shape index (κ1) is 92.7. The molecule has 0 N–H and O–H groups in total. The molecule has 4 aromatic carbocycles. The molecule has 0 spiro atoms. The molecule has 20 rings (SSSR count). The van der Waals surface area contributed by atoms with E-state index >= 15 is 0 Å². The summed E-state index contributed by atoms with van der Waals surface area (Å²) in [5, 5.41) is 1.99. The lowest BCUT2D eigenvalue weighted by atomic mass is 9.58. The van der Waals surface area contributed by atoms with Gasteiger partial charge in [0.2, 0.25) is 28.7 Å². The number of para-hydroxylation sites is 2. The van der Waals surface area contributed by atoms with Crippen molar-refractivity contribution in [3.05, 3.63) is 307 Å². The Labute approximate surface area is 789 Å². The largest absolute Gasteiger partial charge is 0.475 e. The molecule has 8 heterocycles. The molecular formula is C112H112N16O7. The van der Waals surface area contributed by atoms with Crippen LogP contribution in [0.1, 0.15) is 216 Å². The highest BCUT2D eigenvalue weighted by Crippen LogP contribution is 2.57. The van der Waals surface area contributed by atoms with Crippen molar-refractivity contribution >= 4 is 51.0 Å². The first-order chi connectivity index (χ1) is 64.6. The van der Waals surface area contributed by atoms with Gasteiger partial charge in [0.25, 0.3) is 0 Å². The van der Waals surface area contributed by atoms with Crippen LogP contribution in [0, 0.1) is 80.6 Å². The molecule has 682 valence electrons. The molecule has 1 saturated heterocycles. The maximum absolute atomic E-state index is 12.9. The van der Waals surface area contributed by atoms with Crippen LogP contribution in [0.2, 0.25) is 0 Å². The average molecular weight is 1790 g/mol. The lowest BCUT2D eigenvalue weighted by Gasteiger charge is -2.46. The predicted molar refractivity (Wildman–Crippen MR) is 520 cm³/mol. The number of amides is 1. The minimum Gasteiger partial charge on any atom is -0.475 e. The minimum absolute atomic E-state index is 0.0376. The summed E-state index contributed by atoms with van der Waals surface area (Å²) in [6.45, 7) is 63.8. The van der Waals surface area contributed by atoms with E-state index in [-0.39, 0.29) is 117 Å². The molecule has 11 aromatic rings. The quantitative estimate of drug-likeness (QED) is 0.122. The summed E-state index contributed by atoms with van der Waals surface area (Å²) < 4.78 is 11.8. The first-order valence-corrected chi connectivity index (χ1v) is 47.2. The highest BCUT2D eigenvalue weighted by atomic mass is 16.6. The number of fused-ring (bicyclic) bond motifs is 14. The smallest absolute Gasteiger partial charge is 0.410 e. The summed E-state index contributed by atoms with van der Waals surface area (Å²) in [6.07, 6.45) is 20.7.